The van der Waals surface area contributed by atoms with E-state index in [4.69, 9.17) is 4.74 Å². The van der Waals surface area contributed by atoms with Gasteiger partial charge in [0, 0.05) is 24.3 Å². The van der Waals surface area contributed by atoms with Crippen molar-refractivity contribution >= 4 is 38.9 Å². The monoisotopic (exact) mass is 479 g/mol. The number of nitrogens with one attached hydrogen (secondary N) is 1. The number of ether oxygens (including phenoxy) is 1. The summed E-state index contributed by atoms with van der Waals surface area (Å²) >= 11 is 0. The number of hydrogen-bond donors (Lipinski definition) is 1. The number of sulfonamides is 1. The Morgan fingerprint density at radius 3 is 2.21 bits per heavy atom. The Balaban J connectivity index is 1.42. The number of carbonyl (C=O) groups excluding carboxylic acids is 2. The van der Waals surface area contributed by atoms with E-state index in [1.807, 2.05) is 30.3 Å². The number of nitrogens with zero attached hydrogens (tertiary/aromatic N) is 2. The third-order valence-corrected chi connectivity index (χ3v) is 6.47. The van der Waals surface area contributed by atoms with Crippen LogP contribution in [-0.2, 0) is 19.6 Å². The summed E-state index contributed by atoms with van der Waals surface area (Å²) in [5.41, 5.74) is 1.64. The lowest BCUT2D eigenvalue weighted by Gasteiger charge is -2.22. The molecule has 1 fully saturated rings. The van der Waals surface area contributed by atoms with Gasteiger partial charge in [-0.3, -0.25) is 13.9 Å². The molecular weight excluding hydrogens is 454 g/mol. The molecule has 9 heteroatoms. The van der Waals surface area contributed by atoms with Crippen LogP contribution in [0.3, 0.4) is 0 Å². The highest BCUT2D eigenvalue weighted by atomic mass is 32.2. The lowest BCUT2D eigenvalue weighted by molar-refractivity contribution is -0.117. The van der Waals surface area contributed by atoms with Gasteiger partial charge in [0.15, 0.2) is 0 Å². The normalized spacial score (nSPS) is 13.6. The smallest absolute Gasteiger partial charge is 0.245 e. The molecule has 3 aromatic carbocycles. The van der Waals surface area contributed by atoms with Crippen molar-refractivity contribution in [1.29, 1.82) is 0 Å². The molecule has 1 N–H and O–H groups in total. The zero-order valence-corrected chi connectivity index (χ0v) is 19.5. The molecule has 1 heterocycles. The highest BCUT2D eigenvalue weighted by Gasteiger charge is 2.23. The molecule has 0 saturated carbocycles. The minimum atomic E-state index is -3.71. The number of carbonyl (C=O) groups is 2. The molecule has 8 nitrogen and oxygen atoms in total. The van der Waals surface area contributed by atoms with Crippen molar-refractivity contribution in [3.05, 3.63) is 78.9 Å². The predicted octanol–water partition coefficient (Wildman–Crippen LogP) is 4.01. The molecule has 34 heavy (non-hydrogen) atoms. The van der Waals surface area contributed by atoms with Crippen LogP contribution in [0.15, 0.2) is 78.9 Å². The third kappa shape index (κ3) is 5.74. The van der Waals surface area contributed by atoms with Gasteiger partial charge in [0.2, 0.25) is 21.8 Å². The van der Waals surface area contributed by atoms with Gasteiger partial charge in [-0.15, -0.1) is 0 Å². The summed E-state index contributed by atoms with van der Waals surface area (Å²) in [6.45, 7) is 0.299. The van der Waals surface area contributed by atoms with Gasteiger partial charge in [0.1, 0.15) is 18.0 Å². The van der Waals surface area contributed by atoms with Gasteiger partial charge in [-0.05, 0) is 67.1 Å². The summed E-state index contributed by atoms with van der Waals surface area (Å²) in [5, 5.41) is 2.71. The van der Waals surface area contributed by atoms with Gasteiger partial charge in [-0.25, -0.2) is 8.42 Å². The van der Waals surface area contributed by atoms with Crippen LogP contribution in [0, 0.1) is 0 Å². The average Bonchev–Trinajstić information content (AvgIpc) is 3.24. The van der Waals surface area contributed by atoms with E-state index in [9.17, 15) is 18.0 Å². The molecule has 0 radical (unpaired) electrons. The molecule has 2 amide bonds. The topological polar surface area (TPSA) is 96.0 Å². The van der Waals surface area contributed by atoms with Crippen molar-refractivity contribution in [3.63, 3.8) is 0 Å². The van der Waals surface area contributed by atoms with E-state index in [-0.39, 0.29) is 12.5 Å². The van der Waals surface area contributed by atoms with Crippen molar-refractivity contribution < 1.29 is 22.7 Å². The standard InChI is InChI=1S/C25H25N3O5S/c1-34(31,32)28(21-13-15-23(16-14-21)33-22-6-3-2-4-7-22)18-24(29)26-19-9-11-20(12-10-19)27-17-5-8-25(27)30/h2-4,6-7,9-16H,5,8,17-18H2,1H3,(H,26,29). The summed E-state index contributed by atoms with van der Waals surface area (Å²) in [6, 6.07) is 22.6. The first-order valence-corrected chi connectivity index (χ1v) is 12.7. The van der Waals surface area contributed by atoms with Gasteiger partial charge in [0.25, 0.3) is 0 Å². The van der Waals surface area contributed by atoms with E-state index in [0.717, 1.165) is 22.7 Å². The van der Waals surface area contributed by atoms with Gasteiger partial charge in [-0.1, -0.05) is 18.2 Å². The average molecular weight is 480 g/mol. The first kappa shape index (κ1) is 23.3. The molecule has 0 spiro atoms. The lowest BCUT2D eigenvalue weighted by atomic mass is 10.2. The van der Waals surface area contributed by atoms with Gasteiger partial charge in [0.05, 0.1) is 11.9 Å². The molecule has 0 aromatic heterocycles. The zero-order chi connectivity index (χ0) is 24.1. The second-order valence-electron chi connectivity index (χ2n) is 7.92. The molecule has 0 atom stereocenters. The minimum absolute atomic E-state index is 0.0840. The van der Waals surface area contributed by atoms with Crippen LogP contribution in [0.1, 0.15) is 12.8 Å². The molecule has 1 aliphatic rings. The van der Waals surface area contributed by atoms with Crippen LogP contribution in [0.25, 0.3) is 0 Å². The summed E-state index contributed by atoms with van der Waals surface area (Å²) in [5.74, 6) is 0.806. The van der Waals surface area contributed by atoms with Crippen molar-refractivity contribution in [2.45, 2.75) is 12.8 Å². The molecular formula is C25H25N3O5S. The fourth-order valence-electron chi connectivity index (χ4n) is 3.68. The summed E-state index contributed by atoms with van der Waals surface area (Å²) in [4.78, 5) is 26.2. The molecule has 0 unspecified atom stereocenters. The maximum absolute atomic E-state index is 12.6. The Bertz CT molecular complexity index is 1260. The summed E-state index contributed by atoms with van der Waals surface area (Å²) < 4.78 is 31.6. The number of rotatable bonds is 8. The van der Waals surface area contributed by atoms with E-state index in [0.29, 0.717) is 35.8 Å². The number of para-hydroxylation sites is 1. The Kier molecular flexibility index (Phi) is 6.83. The molecule has 0 aliphatic carbocycles. The minimum Gasteiger partial charge on any atom is -0.457 e. The van der Waals surface area contributed by atoms with Gasteiger partial charge in [-0.2, -0.15) is 0 Å². The maximum Gasteiger partial charge on any atom is 0.245 e. The maximum atomic E-state index is 12.6. The Morgan fingerprint density at radius 2 is 1.62 bits per heavy atom. The third-order valence-electron chi connectivity index (χ3n) is 5.33. The fourth-order valence-corrected chi connectivity index (χ4v) is 4.54. The molecule has 4 rings (SSSR count). The van der Waals surface area contributed by atoms with Crippen molar-refractivity contribution in [2.75, 3.05) is 33.9 Å². The largest absolute Gasteiger partial charge is 0.457 e. The number of benzene rings is 3. The Hall–Kier alpha value is -3.85. The Labute approximate surface area is 198 Å². The second-order valence-corrected chi connectivity index (χ2v) is 9.83. The summed E-state index contributed by atoms with van der Waals surface area (Å²) in [6.07, 6.45) is 2.42. The zero-order valence-electron chi connectivity index (χ0n) is 18.7. The van der Waals surface area contributed by atoms with E-state index < -0.39 is 15.9 Å². The van der Waals surface area contributed by atoms with Crippen LogP contribution in [0.5, 0.6) is 11.5 Å². The predicted molar refractivity (Wildman–Crippen MR) is 132 cm³/mol. The first-order valence-electron chi connectivity index (χ1n) is 10.8. The lowest BCUT2D eigenvalue weighted by Crippen LogP contribution is -2.37. The van der Waals surface area contributed by atoms with Crippen LogP contribution in [-0.4, -0.2) is 39.6 Å². The number of hydrogen-bond acceptors (Lipinski definition) is 5. The molecule has 1 aliphatic heterocycles. The molecule has 0 bridgehead atoms. The van der Waals surface area contributed by atoms with Crippen LogP contribution in [0.2, 0.25) is 0 Å². The molecule has 176 valence electrons. The van der Waals surface area contributed by atoms with Crippen LogP contribution < -0.4 is 19.3 Å². The van der Waals surface area contributed by atoms with Crippen molar-refractivity contribution in [2.24, 2.45) is 0 Å². The SMILES string of the molecule is CS(=O)(=O)N(CC(=O)Nc1ccc(N2CCCC2=O)cc1)c1ccc(Oc2ccccc2)cc1. The molecule has 1 saturated heterocycles. The highest BCUT2D eigenvalue weighted by Crippen LogP contribution is 2.26. The van der Waals surface area contributed by atoms with Crippen molar-refractivity contribution in [1.82, 2.24) is 0 Å². The molecule has 3 aromatic rings. The summed E-state index contributed by atoms with van der Waals surface area (Å²) in [7, 11) is -3.71. The van der Waals surface area contributed by atoms with Gasteiger partial charge < -0.3 is 15.0 Å². The van der Waals surface area contributed by atoms with Crippen molar-refractivity contribution in [3.8, 4) is 11.5 Å². The van der Waals surface area contributed by atoms with E-state index in [2.05, 4.69) is 5.32 Å². The van der Waals surface area contributed by atoms with E-state index >= 15 is 0 Å². The Morgan fingerprint density at radius 1 is 0.971 bits per heavy atom. The van der Waals surface area contributed by atoms with Gasteiger partial charge >= 0.3 is 0 Å². The second kappa shape index (κ2) is 9.96. The number of anilines is 3. The van der Waals surface area contributed by atoms with E-state index in [1.54, 1.807) is 53.4 Å². The van der Waals surface area contributed by atoms with Crippen LogP contribution >= 0.6 is 0 Å². The van der Waals surface area contributed by atoms with Crippen LogP contribution in [0.4, 0.5) is 17.1 Å². The fraction of sp³-hybridized carbons (Fsp3) is 0.200. The number of amides is 2. The van der Waals surface area contributed by atoms with E-state index in [1.165, 1.54) is 0 Å². The highest BCUT2D eigenvalue weighted by molar-refractivity contribution is 7.92. The first-order chi connectivity index (χ1) is 16.3. The quantitative estimate of drug-likeness (QED) is 0.527.